The molecular weight excluding hydrogens is 396 g/mol. The number of halogens is 1. The largest absolute Gasteiger partial charge is 0.378 e. The molecule has 0 atom stereocenters. The van der Waals surface area contributed by atoms with Gasteiger partial charge in [0.25, 0.3) is 5.91 Å². The van der Waals surface area contributed by atoms with Crippen LogP contribution < -0.4 is 10.6 Å². The van der Waals surface area contributed by atoms with Gasteiger partial charge in [0.2, 0.25) is 11.8 Å². The zero-order valence-corrected chi connectivity index (χ0v) is 17.5. The maximum atomic E-state index is 12.6. The van der Waals surface area contributed by atoms with Crippen LogP contribution in [0.2, 0.25) is 5.02 Å². The van der Waals surface area contributed by atoms with Gasteiger partial charge in [0.05, 0.1) is 36.0 Å². The lowest BCUT2D eigenvalue weighted by Gasteiger charge is -2.27. The summed E-state index contributed by atoms with van der Waals surface area (Å²) >= 11 is 6.29. The number of anilines is 2. The summed E-state index contributed by atoms with van der Waals surface area (Å²) in [6.07, 6.45) is 0. The number of hydrogen-bond acceptors (Lipinski definition) is 6. The first-order valence-electron chi connectivity index (χ1n) is 9.41. The van der Waals surface area contributed by atoms with Crippen LogP contribution in [0.3, 0.4) is 0 Å². The summed E-state index contributed by atoms with van der Waals surface area (Å²) in [7, 11) is 0. The molecule has 1 aliphatic heterocycles. The molecule has 1 aliphatic rings. The molecular formula is C20H25ClN4O4. The maximum absolute atomic E-state index is 12.6. The summed E-state index contributed by atoms with van der Waals surface area (Å²) in [6.45, 7) is 8.20. The summed E-state index contributed by atoms with van der Waals surface area (Å²) in [6, 6.07) is 6.72. The fourth-order valence-electron chi connectivity index (χ4n) is 2.79. The normalized spacial score (nSPS) is 14.6. The Morgan fingerprint density at radius 1 is 1.21 bits per heavy atom. The molecule has 1 aromatic carbocycles. The van der Waals surface area contributed by atoms with Crippen molar-refractivity contribution in [1.82, 2.24) is 10.1 Å². The van der Waals surface area contributed by atoms with Crippen LogP contribution in [-0.4, -0.2) is 54.7 Å². The summed E-state index contributed by atoms with van der Waals surface area (Å²) in [5.41, 5.74) is 1.66. The second-order valence-electron chi connectivity index (χ2n) is 7.83. The van der Waals surface area contributed by atoms with Gasteiger partial charge in [-0.15, -0.1) is 0 Å². The van der Waals surface area contributed by atoms with Crippen LogP contribution in [0.1, 0.15) is 36.8 Å². The number of carbonyl (C=O) groups is 2. The van der Waals surface area contributed by atoms with Crippen LogP contribution in [0.4, 0.5) is 11.6 Å². The van der Waals surface area contributed by atoms with Crippen LogP contribution in [-0.2, 0) is 14.9 Å². The molecule has 0 bridgehead atoms. The fourth-order valence-corrected chi connectivity index (χ4v) is 3.05. The Morgan fingerprint density at radius 3 is 2.55 bits per heavy atom. The highest BCUT2D eigenvalue weighted by Gasteiger charge is 2.21. The summed E-state index contributed by atoms with van der Waals surface area (Å²) < 4.78 is 10.4. The molecule has 2 heterocycles. The van der Waals surface area contributed by atoms with E-state index in [0.29, 0.717) is 48.5 Å². The molecule has 0 unspecified atom stereocenters. The predicted molar refractivity (Wildman–Crippen MR) is 110 cm³/mol. The lowest BCUT2D eigenvalue weighted by atomic mass is 9.92. The highest BCUT2D eigenvalue weighted by Crippen LogP contribution is 2.24. The van der Waals surface area contributed by atoms with Crippen molar-refractivity contribution in [2.45, 2.75) is 26.2 Å². The zero-order valence-electron chi connectivity index (χ0n) is 16.8. The predicted octanol–water partition coefficient (Wildman–Crippen LogP) is 3.15. The molecule has 0 radical (unpaired) electrons. The van der Waals surface area contributed by atoms with E-state index in [9.17, 15) is 9.59 Å². The summed E-state index contributed by atoms with van der Waals surface area (Å²) in [4.78, 5) is 26.4. The number of nitrogens with one attached hydrogen (secondary N) is 2. The van der Waals surface area contributed by atoms with Crippen molar-refractivity contribution in [2.75, 3.05) is 43.5 Å². The van der Waals surface area contributed by atoms with Gasteiger partial charge in [0.15, 0.2) is 0 Å². The van der Waals surface area contributed by atoms with Gasteiger partial charge in [-0.05, 0) is 18.2 Å². The second kappa shape index (κ2) is 8.84. The highest BCUT2D eigenvalue weighted by atomic mass is 35.5. The molecule has 2 amide bonds. The van der Waals surface area contributed by atoms with E-state index in [2.05, 4.69) is 15.8 Å². The van der Waals surface area contributed by atoms with Gasteiger partial charge in [-0.2, -0.15) is 0 Å². The van der Waals surface area contributed by atoms with Crippen LogP contribution in [0.5, 0.6) is 0 Å². The van der Waals surface area contributed by atoms with Gasteiger partial charge < -0.3 is 19.5 Å². The van der Waals surface area contributed by atoms with Crippen LogP contribution in [0, 0.1) is 0 Å². The minimum Gasteiger partial charge on any atom is -0.378 e. The van der Waals surface area contributed by atoms with Crippen molar-refractivity contribution in [1.29, 1.82) is 0 Å². The second-order valence-corrected chi connectivity index (χ2v) is 8.23. The fraction of sp³-hybridized carbons (Fsp3) is 0.450. The molecule has 3 rings (SSSR count). The van der Waals surface area contributed by atoms with Gasteiger partial charge in [-0.3, -0.25) is 14.9 Å². The van der Waals surface area contributed by atoms with E-state index in [1.54, 1.807) is 29.2 Å². The number of amides is 2. The third-order valence-corrected chi connectivity index (χ3v) is 4.80. The molecule has 2 aromatic rings. The lowest BCUT2D eigenvalue weighted by Crippen LogP contribution is -2.40. The van der Waals surface area contributed by atoms with Crippen molar-refractivity contribution in [3.8, 4) is 0 Å². The van der Waals surface area contributed by atoms with Crippen molar-refractivity contribution in [3.05, 3.63) is 40.5 Å². The van der Waals surface area contributed by atoms with Crippen molar-refractivity contribution in [2.24, 2.45) is 0 Å². The Labute approximate surface area is 174 Å². The molecule has 0 saturated carbocycles. The standard InChI is InChI=1S/C20H25ClN4O4/c1-20(2,3)16-11-18(29-24-16)23-17(26)12-22-13-4-5-14(15(21)10-13)19(27)25-6-8-28-9-7-25/h4-5,10-11,22H,6-9,12H2,1-3H3,(H,23,26). The monoisotopic (exact) mass is 420 g/mol. The number of benzene rings is 1. The Kier molecular flexibility index (Phi) is 6.44. The molecule has 2 N–H and O–H groups in total. The Morgan fingerprint density at radius 2 is 1.93 bits per heavy atom. The number of ether oxygens (including phenoxy) is 1. The average Bonchev–Trinajstić information content (AvgIpc) is 3.15. The zero-order chi connectivity index (χ0) is 21.0. The Bertz CT molecular complexity index is 885. The Balaban J connectivity index is 1.55. The van der Waals surface area contributed by atoms with Gasteiger partial charge in [-0.1, -0.05) is 37.5 Å². The topological polar surface area (TPSA) is 96.7 Å². The van der Waals surface area contributed by atoms with Crippen molar-refractivity contribution in [3.63, 3.8) is 0 Å². The maximum Gasteiger partial charge on any atom is 0.255 e. The van der Waals surface area contributed by atoms with Crippen LogP contribution >= 0.6 is 11.6 Å². The number of aromatic nitrogens is 1. The smallest absolute Gasteiger partial charge is 0.255 e. The van der Waals surface area contributed by atoms with E-state index < -0.39 is 0 Å². The minimum absolute atomic E-state index is 0.0125. The third kappa shape index (κ3) is 5.48. The van der Waals surface area contributed by atoms with Gasteiger partial charge >= 0.3 is 0 Å². The molecule has 1 fully saturated rings. The van der Waals surface area contributed by atoms with E-state index in [4.69, 9.17) is 20.9 Å². The lowest BCUT2D eigenvalue weighted by molar-refractivity contribution is -0.114. The molecule has 29 heavy (non-hydrogen) atoms. The SMILES string of the molecule is CC(C)(C)c1cc(NC(=O)CNc2ccc(C(=O)N3CCOCC3)c(Cl)c2)on1. The molecule has 1 saturated heterocycles. The summed E-state index contributed by atoms with van der Waals surface area (Å²) in [5, 5.41) is 9.93. The Hall–Kier alpha value is -2.58. The molecule has 8 nitrogen and oxygen atoms in total. The first kappa shape index (κ1) is 21.1. The van der Waals surface area contributed by atoms with Crippen molar-refractivity contribution >= 4 is 35.0 Å². The molecule has 0 aliphatic carbocycles. The van der Waals surface area contributed by atoms with E-state index in [1.165, 1.54) is 0 Å². The number of nitrogens with zero attached hydrogens (tertiary/aromatic N) is 2. The molecule has 1 aromatic heterocycles. The minimum atomic E-state index is -0.286. The molecule has 9 heteroatoms. The summed E-state index contributed by atoms with van der Waals surface area (Å²) in [5.74, 6) is -0.111. The first-order valence-corrected chi connectivity index (χ1v) is 9.79. The number of rotatable bonds is 5. The number of carbonyl (C=O) groups excluding carboxylic acids is 2. The molecule has 156 valence electrons. The number of morpholine rings is 1. The van der Waals surface area contributed by atoms with Crippen LogP contribution in [0.25, 0.3) is 0 Å². The number of hydrogen-bond donors (Lipinski definition) is 2. The van der Waals surface area contributed by atoms with Gasteiger partial charge in [0.1, 0.15) is 0 Å². The average molecular weight is 421 g/mol. The highest BCUT2D eigenvalue weighted by molar-refractivity contribution is 6.34. The van der Waals surface area contributed by atoms with E-state index in [-0.39, 0.29) is 23.8 Å². The molecule has 0 spiro atoms. The van der Waals surface area contributed by atoms with E-state index >= 15 is 0 Å². The van der Waals surface area contributed by atoms with Crippen LogP contribution in [0.15, 0.2) is 28.8 Å². The van der Waals surface area contributed by atoms with Gasteiger partial charge in [0, 0.05) is 30.3 Å². The van der Waals surface area contributed by atoms with Gasteiger partial charge in [-0.25, -0.2) is 0 Å². The third-order valence-electron chi connectivity index (χ3n) is 4.49. The van der Waals surface area contributed by atoms with Crippen molar-refractivity contribution < 1.29 is 18.8 Å². The van der Waals surface area contributed by atoms with E-state index in [0.717, 1.165) is 5.69 Å². The first-order chi connectivity index (χ1) is 13.7. The van der Waals surface area contributed by atoms with E-state index in [1.807, 2.05) is 20.8 Å². The quantitative estimate of drug-likeness (QED) is 0.771.